The number of carbonyl (C=O) groups excluding carboxylic acids is 1. The normalized spacial score (nSPS) is 11.3. The number of carbonyl (C=O) groups is 1. The lowest BCUT2D eigenvalue weighted by Gasteiger charge is -2.05. The number of H-pyrrole nitrogens is 1. The van der Waals surface area contributed by atoms with Gasteiger partial charge in [0.1, 0.15) is 5.01 Å². The first kappa shape index (κ1) is 16.6. The summed E-state index contributed by atoms with van der Waals surface area (Å²) in [6, 6.07) is 8.04. The zero-order chi connectivity index (χ0) is 17.1. The molecule has 0 atom stereocenters. The molecule has 0 saturated carbocycles. The highest BCUT2D eigenvalue weighted by atomic mass is 32.1. The van der Waals surface area contributed by atoms with Crippen LogP contribution in [0.1, 0.15) is 48.9 Å². The van der Waals surface area contributed by atoms with E-state index in [4.69, 9.17) is 0 Å². The maximum absolute atomic E-state index is 12.4. The minimum absolute atomic E-state index is 0.0601. The number of hydrogen-bond acceptors (Lipinski definition) is 4. The SMILES string of the molecule is CCC(CC)c1nnc(NC(=O)Cc2c(C)[nH]c3ccccc23)s1. The van der Waals surface area contributed by atoms with Crippen LogP contribution >= 0.6 is 11.3 Å². The number of fused-ring (bicyclic) bond motifs is 1. The van der Waals surface area contributed by atoms with Gasteiger partial charge >= 0.3 is 0 Å². The van der Waals surface area contributed by atoms with Crippen molar-refractivity contribution in [1.82, 2.24) is 15.2 Å². The molecular formula is C18H22N4OS. The molecule has 5 nitrogen and oxygen atoms in total. The third-order valence-electron chi connectivity index (χ3n) is 4.39. The van der Waals surface area contributed by atoms with E-state index in [2.05, 4.69) is 34.3 Å². The summed E-state index contributed by atoms with van der Waals surface area (Å²) in [7, 11) is 0. The van der Waals surface area contributed by atoms with Crippen LogP contribution in [0.4, 0.5) is 5.13 Å². The summed E-state index contributed by atoms with van der Waals surface area (Å²) in [4.78, 5) is 15.7. The third-order valence-corrected chi connectivity index (χ3v) is 5.39. The zero-order valence-electron chi connectivity index (χ0n) is 14.2. The third kappa shape index (κ3) is 3.33. The number of hydrogen-bond donors (Lipinski definition) is 2. The van der Waals surface area contributed by atoms with Crippen molar-refractivity contribution in [2.75, 3.05) is 5.32 Å². The van der Waals surface area contributed by atoms with Crippen molar-refractivity contribution < 1.29 is 4.79 Å². The van der Waals surface area contributed by atoms with Gasteiger partial charge in [-0.2, -0.15) is 0 Å². The number of amides is 1. The number of benzene rings is 1. The molecule has 126 valence electrons. The maximum Gasteiger partial charge on any atom is 0.230 e. The van der Waals surface area contributed by atoms with Gasteiger partial charge in [0.2, 0.25) is 11.0 Å². The van der Waals surface area contributed by atoms with Gasteiger partial charge in [-0.05, 0) is 31.4 Å². The Morgan fingerprint density at radius 1 is 1.25 bits per heavy atom. The summed E-state index contributed by atoms with van der Waals surface area (Å²) in [6.07, 6.45) is 2.40. The second-order valence-electron chi connectivity index (χ2n) is 5.96. The monoisotopic (exact) mass is 342 g/mol. The fourth-order valence-electron chi connectivity index (χ4n) is 2.97. The van der Waals surface area contributed by atoms with Crippen LogP contribution in [0.15, 0.2) is 24.3 Å². The topological polar surface area (TPSA) is 70.7 Å². The second kappa shape index (κ2) is 7.13. The minimum atomic E-state index is -0.0601. The molecule has 0 radical (unpaired) electrons. The number of aryl methyl sites for hydroxylation is 1. The van der Waals surface area contributed by atoms with Crippen LogP contribution in [0.3, 0.4) is 0 Å². The van der Waals surface area contributed by atoms with Gasteiger partial charge in [0.25, 0.3) is 0 Å². The number of anilines is 1. The van der Waals surface area contributed by atoms with Crippen LogP contribution in [0.25, 0.3) is 10.9 Å². The van der Waals surface area contributed by atoms with Gasteiger partial charge in [0.15, 0.2) is 0 Å². The molecule has 2 N–H and O–H groups in total. The van der Waals surface area contributed by atoms with Gasteiger partial charge in [-0.15, -0.1) is 10.2 Å². The maximum atomic E-state index is 12.4. The summed E-state index contributed by atoms with van der Waals surface area (Å²) >= 11 is 1.48. The molecule has 2 aromatic heterocycles. The average molecular weight is 342 g/mol. The molecule has 3 rings (SSSR count). The highest BCUT2D eigenvalue weighted by Crippen LogP contribution is 2.28. The standard InChI is InChI=1S/C18H22N4OS/c1-4-12(5-2)17-21-22-18(24-17)20-16(23)10-14-11(3)19-15-9-7-6-8-13(14)15/h6-9,12,19H,4-5,10H2,1-3H3,(H,20,22,23). The van der Waals surface area contributed by atoms with Crippen molar-refractivity contribution in [3.8, 4) is 0 Å². The molecule has 0 saturated heterocycles. The molecule has 0 bridgehead atoms. The van der Waals surface area contributed by atoms with Crippen molar-refractivity contribution >= 4 is 33.3 Å². The van der Waals surface area contributed by atoms with E-state index in [1.807, 2.05) is 31.2 Å². The Kier molecular flexibility index (Phi) is 4.94. The van der Waals surface area contributed by atoms with E-state index < -0.39 is 0 Å². The first-order chi connectivity index (χ1) is 11.6. The minimum Gasteiger partial charge on any atom is -0.358 e. The van der Waals surface area contributed by atoms with Crippen molar-refractivity contribution in [3.63, 3.8) is 0 Å². The molecule has 0 aliphatic rings. The molecule has 24 heavy (non-hydrogen) atoms. The summed E-state index contributed by atoms with van der Waals surface area (Å²) < 4.78 is 0. The van der Waals surface area contributed by atoms with E-state index in [-0.39, 0.29) is 5.91 Å². The molecule has 3 aromatic rings. The molecule has 1 aromatic carbocycles. The lowest BCUT2D eigenvalue weighted by atomic mass is 10.1. The van der Waals surface area contributed by atoms with Gasteiger partial charge < -0.3 is 10.3 Å². The first-order valence-corrected chi connectivity index (χ1v) is 9.13. The van der Waals surface area contributed by atoms with Gasteiger partial charge in [-0.1, -0.05) is 43.4 Å². The molecule has 6 heteroatoms. The Labute approximate surface area is 145 Å². The number of para-hydroxylation sites is 1. The predicted octanol–water partition coefficient (Wildman–Crippen LogP) is 4.41. The first-order valence-electron chi connectivity index (χ1n) is 8.31. The van der Waals surface area contributed by atoms with E-state index in [1.165, 1.54) is 11.3 Å². The van der Waals surface area contributed by atoms with E-state index >= 15 is 0 Å². The molecule has 0 aliphatic carbocycles. The molecule has 0 unspecified atom stereocenters. The van der Waals surface area contributed by atoms with Gasteiger partial charge in [-0.3, -0.25) is 4.79 Å². The Bertz CT molecular complexity index is 848. The van der Waals surface area contributed by atoms with Crippen LogP contribution in [0.2, 0.25) is 0 Å². The number of aromatic nitrogens is 3. The van der Waals surface area contributed by atoms with Crippen LogP contribution in [-0.4, -0.2) is 21.1 Å². The van der Waals surface area contributed by atoms with Crippen LogP contribution in [0, 0.1) is 6.92 Å². The molecule has 0 fully saturated rings. The van der Waals surface area contributed by atoms with Crippen LogP contribution in [-0.2, 0) is 11.2 Å². The smallest absolute Gasteiger partial charge is 0.230 e. The van der Waals surface area contributed by atoms with E-state index in [9.17, 15) is 4.79 Å². The van der Waals surface area contributed by atoms with Gasteiger partial charge in [-0.25, -0.2) is 0 Å². The molecule has 2 heterocycles. The van der Waals surface area contributed by atoms with E-state index in [0.717, 1.165) is 40.0 Å². The van der Waals surface area contributed by atoms with Gasteiger partial charge in [0, 0.05) is 22.5 Å². The molecule has 1 amide bonds. The second-order valence-corrected chi connectivity index (χ2v) is 6.97. The Hall–Kier alpha value is -2.21. The Morgan fingerprint density at radius 2 is 2.00 bits per heavy atom. The number of aromatic amines is 1. The highest BCUT2D eigenvalue weighted by Gasteiger charge is 2.16. The summed E-state index contributed by atoms with van der Waals surface area (Å²) in [6.45, 7) is 6.29. The van der Waals surface area contributed by atoms with Crippen molar-refractivity contribution in [1.29, 1.82) is 0 Å². The average Bonchev–Trinajstić information content (AvgIpc) is 3.14. The zero-order valence-corrected chi connectivity index (χ0v) is 15.0. The van der Waals surface area contributed by atoms with E-state index in [0.29, 0.717) is 17.5 Å². The summed E-state index contributed by atoms with van der Waals surface area (Å²) in [5.74, 6) is 0.360. The molecule has 0 spiro atoms. The summed E-state index contributed by atoms with van der Waals surface area (Å²) in [5, 5.41) is 13.9. The predicted molar refractivity (Wildman–Crippen MR) is 98.6 cm³/mol. The molecular weight excluding hydrogens is 320 g/mol. The number of nitrogens with one attached hydrogen (secondary N) is 2. The van der Waals surface area contributed by atoms with Crippen LogP contribution < -0.4 is 5.32 Å². The fraction of sp³-hybridized carbons (Fsp3) is 0.389. The van der Waals surface area contributed by atoms with Crippen molar-refractivity contribution in [2.45, 2.75) is 46.0 Å². The Morgan fingerprint density at radius 3 is 2.75 bits per heavy atom. The lowest BCUT2D eigenvalue weighted by Crippen LogP contribution is -2.14. The Balaban J connectivity index is 1.72. The highest BCUT2D eigenvalue weighted by molar-refractivity contribution is 7.15. The fourth-order valence-corrected chi connectivity index (χ4v) is 4.00. The molecule has 0 aliphatic heterocycles. The van der Waals surface area contributed by atoms with Crippen LogP contribution in [0.5, 0.6) is 0 Å². The quantitative estimate of drug-likeness (QED) is 0.697. The van der Waals surface area contributed by atoms with Gasteiger partial charge in [0.05, 0.1) is 6.42 Å². The lowest BCUT2D eigenvalue weighted by molar-refractivity contribution is -0.115. The largest absolute Gasteiger partial charge is 0.358 e. The number of nitrogens with zero attached hydrogens (tertiary/aromatic N) is 2. The van der Waals surface area contributed by atoms with Crippen molar-refractivity contribution in [3.05, 3.63) is 40.5 Å². The van der Waals surface area contributed by atoms with Crippen molar-refractivity contribution in [2.24, 2.45) is 0 Å². The summed E-state index contributed by atoms with van der Waals surface area (Å²) in [5.41, 5.74) is 3.12. The number of rotatable bonds is 6. The van der Waals surface area contributed by atoms with E-state index in [1.54, 1.807) is 0 Å².